The molecule has 0 fully saturated rings. The number of hydrogen-bond acceptors (Lipinski definition) is 4. The predicted octanol–water partition coefficient (Wildman–Crippen LogP) is 2.65. The number of hydrogen-bond donors (Lipinski definition) is 2. The largest absolute Gasteiger partial charge is 0.464 e. The first-order valence-electron chi connectivity index (χ1n) is 7.31. The highest BCUT2D eigenvalue weighted by atomic mass is 32.1. The smallest absolute Gasteiger partial charge is 0.328 e. The summed E-state index contributed by atoms with van der Waals surface area (Å²) in [7, 11) is 0. The van der Waals surface area contributed by atoms with Crippen LogP contribution in [-0.2, 0) is 16.0 Å². The minimum atomic E-state index is -0.764. The molecule has 0 spiro atoms. The fraction of sp³-hybridized carbons (Fsp3) is 0.235. The standard InChI is InChI=1S/C17H18N2O3S/c1-2-22-17(21)14(11-12-7-4-3-5-8-12)19-15(20)13-9-6-10-18-16(13)23/h3-10,14H,2,11H2,1H3,(H,18,23)(H,19,20)/t14-/m0/s1. The van der Waals surface area contributed by atoms with Gasteiger partial charge in [-0.05, 0) is 24.6 Å². The van der Waals surface area contributed by atoms with E-state index in [4.69, 9.17) is 17.0 Å². The average molecular weight is 330 g/mol. The third-order valence-electron chi connectivity index (χ3n) is 3.22. The highest BCUT2D eigenvalue weighted by Crippen LogP contribution is 2.07. The fourth-order valence-corrected chi connectivity index (χ4v) is 2.35. The van der Waals surface area contributed by atoms with Gasteiger partial charge in [0.25, 0.3) is 5.91 Å². The van der Waals surface area contributed by atoms with Crippen LogP contribution in [0.1, 0.15) is 22.8 Å². The molecule has 0 aliphatic carbocycles. The highest BCUT2D eigenvalue weighted by molar-refractivity contribution is 7.71. The molecule has 2 aromatic rings. The molecule has 120 valence electrons. The molecule has 2 rings (SSSR count). The summed E-state index contributed by atoms with van der Waals surface area (Å²) < 4.78 is 5.38. The van der Waals surface area contributed by atoms with Crippen molar-refractivity contribution in [1.82, 2.24) is 10.3 Å². The zero-order valence-corrected chi connectivity index (χ0v) is 13.6. The van der Waals surface area contributed by atoms with Gasteiger partial charge in [0.2, 0.25) is 0 Å². The summed E-state index contributed by atoms with van der Waals surface area (Å²) in [4.78, 5) is 27.3. The van der Waals surface area contributed by atoms with Crippen molar-refractivity contribution in [2.75, 3.05) is 6.61 Å². The number of ether oxygens (including phenoxy) is 1. The van der Waals surface area contributed by atoms with Gasteiger partial charge in [0, 0.05) is 12.6 Å². The third-order valence-corrected chi connectivity index (χ3v) is 3.56. The second-order valence-electron chi connectivity index (χ2n) is 4.88. The highest BCUT2D eigenvalue weighted by Gasteiger charge is 2.23. The number of aromatic nitrogens is 1. The van der Waals surface area contributed by atoms with Crippen LogP contribution < -0.4 is 5.32 Å². The molecule has 2 N–H and O–H groups in total. The van der Waals surface area contributed by atoms with E-state index in [2.05, 4.69) is 10.3 Å². The SMILES string of the molecule is CCOC(=O)[C@H](Cc1ccccc1)NC(=O)c1ccc[nH]c1=S. The number of carbonyl (C=O) groups is 2. The van der Waals surface area contributed by atoms with Gasteiger partial charge < -0.3 is 15.0 Å². The van der Waals surface area contributed by atoms with Crippen LogP contribution in [0, 0.1) is 4.64 Å². The lowest BCUT2D eigenvalue weighted by Gasteiger charge is -2.17. The second-order valence-corrected chi connectivity index (χ2v) is 5.29. The molecule has 1 aromatic carbocycles. The van der Waals surface area contributed by atoms with E-state index in [9.17, 15) is 9.59 Å². The molecule has 0 unspecified atom stereocenters. The summed E-state index contributed by atoms with van der Waals surface area (Å²) in [5.41, 5.74) is 1.26. The van der Waals surface area contributed by atoms with Gasteiger partial charge in [-0.3, -0.25) is 4.79 Å². The number of pyridine rings is 1. The predicted molar refractivity (Wildman–Crippen MR) is 89.7 cm³/mol. The summed E-state index contributed by atoms with van der Waals surface area (Å²) >= 11 is 5.10. The maximum Gasteiger partial charge on any atom is 0.328 e. The minimum absolute atomic E-state index is 0.255. The first kappa shape index (κ1) is 16.9. The maximum absolute atomic E-state index is 12.4. The monoisotopic (exact) mass is 330 g/mol. The van der Waals surface area contributed by atoms with Gasteiger partial charge in [-0.15, -0.1) is 0 Å². The van der Waals surface area contributed by atoms with Gasteiger partial charge in [-0.2, -0.15) is 0 Å². The van der Waals surface area contributed by atoms with Crippen molar-refractivity contribution in [1.29, 1.82) is 0 Å². The van der Waals surface area contributed by atoms with E-state index in [-0.39, 0.29) is 6.61 Å². The number of H-pyrrole nitrogens is 1. The molecule has 0 aliphatic rings. The maximum atomic E-state index is 12.4. The third kappa shape index (κ3) is 4.75. The molecule has 0 saturated carbocycles. The van der Waals surface area contributed by atoms with Crippen molar-refractivity contribution in [3.05, 3.63) is 64.4 Å². The molecule has 6 heteroatoms. The minimum Gasteiger partial charge on any atom is -0.464 e. The first-order valence-corrected chi connectivity index (χ1v) is 7.71. The second kappa shape index (κ2) is 8.24. The van der Waals surface area contributed by atoms with E-state index < -0.39 is 17.9 Å². The van der Waals surface area contributed by atoms with Gasteiger partial charge in [0.15, 0.2) is 0 Å². The van der Waals surface area contributed by atoms with Crippen LogP contribution in [-0.4, -0.2) is 29.5 Å². The van der Waals surface area contributed by atoms with Crippen LogP contribution in [0.3, 0.4) is 0 Å². The fourth-order valence-electron chi connectivity index (χ4n) is 2.12. The Morgan fingerprint density at radius 2 is 1.96 bits per heavy atom. The molecular formula is C17H18N2O3S. The lowest BCUT2D eigenvalue weighted by Crippen LogP contribution is -2.43. The Labute approximate surface area is 139 Å². The number of benzene rings is 1. The Balaban J connectivity index is 2.17. The van der Waals surface area contributed by atoms with Crippen molar-refractivity contribution in [2.24, 2.45) is 0 Å². The van der Waals surface area contributed by atoms with E-state index in [1.165, 1.54) is 0 Å². The molecule has 1 aromatic heterocycles. The van der Waals surface area contributed by atoms with Crippen molar-refractivity contribution in [2.45, 2.75) is 19.4 Å². The van der Waals surface area contributed by atoms with Gasteiger partial charge in [0.1, 0.15) is 10.7 Å². The van der Waals surface area contributed by atoms with Crippen LogP contribution >= 0.6 is 12.2 Å². The lowest BCUT2D eigenvalue weighted by molar-refractivity contribution is -0.145. The van der Waals surface area contributed by atoms with E-state index in [1.54, 1.807) is 25.3 Å². The van der Waals surface area contributed by atoms with Crippen molar-refractivity contribution < 1.29 is 14.3 Å². The van der Waals surface area contributed by atoms with Crippen molar-refractivity contribution in [3.8, 4) is 0 Å². The Morgan fingerprint density at radius 3 is 2.61 bits per heavy atom. The van der Waals surface area contributed by atoms with Crippen LogP contribution in [0.2, 0.25) is 0 Å². The van der Waals surface area contributed by atoms with Crippen molar-refractivity contribution in [3.63, 3.8) is 0 Å². The molecule has 1 atom stereocenters. The molecule has 0 saturated heterocycles. The number of nitrogens with one attached hydrogen (secondary N) is 2. The van der Waals surface area contributed by atoms with E-state index in [0.29, 0.717) is 16.6 Å². The summed E-state index contributed by atoms with van der Waals surface area (Å²) in [6, 6.07) is 12.0. The summed E-state index contributed by atoms with van der Waals surface area (Å²) in [5, 5.41) is 2.71. The van der Waals surface area contributed by atoms with E-state index in [1.807, 2.05) is 30.3 Å². The van der Waals surface area contributed by atoms with Gasteiger partial charge in [-0.25, -0.2) is 4.79 Å². The molecule has 1 amide bonds. The Bertz CT molecular complexity index is 728. The molecule has 5 nitrogen and oxygen atoms in total. The van der Waals surface area contributed by atoms with Crippen LogP contribution in [0.15, 0.2) is 48.7 Å². The summed E-state index contributed by atoms with van der Waals surface area (Å²) in [5.74, 6) is -0.864. The summed E-state index contributed by atoms with van der Waals surface area (Å²) in [6.07, 6.45) is 2.00. The zero-order valence-electron chi connectivity index (χ0n) is 12.7. The Kier molecular flexibility index (Phi) is 6.05. The Hall–Kier alpha value is -2.47. The number of amides is 1. The first-order chi connectivity index (χ1) is 11.1. The molecule has 0 radical (unpaired) electrons. The molecule has 23 heavy (non-hydrogen) atoms. The molecule has 1 heterocycles. The van der Waals surface area contributed by atoms with Crippen LogP contribution in [0.25, 0.3) is 0 Å². The topological polar surface area (TPSA) is 71.2 Å². The molecular weight excluding hydrogens is 312 g/mol. The van der Waals surface area contributed by atoms with Gasteiger partial charge >= 0.3 is 5.97 Å². The molecule has 0 bridgehead atoms. The normalized spacial score (nSPS) is 11.5. The molecule has 0 aliphatic heterocycles. The van der Waals surface area contributed by atoms with E-state index >= 15 is 0 Å². The zero-order chi connectivity index (χ0) is 16.7. The number of carbonyl (C=O) groups excluding carboxylic acids is 2. The quantitative estimate of drug-likeness (QED) is 0.631. The average Bonchev–Trinajstić information content (AvgIpc) is 2.55. The van der Waals surface area contributed by atoms with Gasteiger partial charge in [0.05, 0.1) is 12.2 Å². The van der Waals surface area contributed by atoms with Gasteiger partial charge in [-0.1, -0.05) is 42.5 Å². The number of esters is 1. The number of aromatic amines is 1. The van der Waals surface area contributed by atoms with Crippen LogP contribution in [0.4, 0.5) is 0 Å². The van der Waals surface area contributed by atoms with Crippen molar-refractivity contribution >= 4 is 24.1 Å². The Morgan fingerprint density at radius 1 is 1.22 bits per heavy atom. The number of rotatable bonds is 6. The lowest BCUT2D eigenvalue weighted by atomic mass is 10.1. The van der Waals surface area contributed by atoms with Crippen LogP contribution in [0.5, 0.6) is 0 Å². The summed E-state index contributed by atoms with van der Waals surface area (Å²) in [6.45, 7) is 1.98. The van der Waals surface area contributed by atoms with E-state index in [0.717, 1.165) is 5.56 Å².